The van der Waals surface area contributed by atoms with Crippen molar-refractivity contribution in [3.8, 4) is 6.07 Å². The summed E-state index contributed by atoms with van der Waals surface area (Å²) < 4.78 is 41.5. The summed E-state index contributed by atoms with van der Waals surface area (Å²) in [4.78, 5) is 0. The first-order valence-corrected chi connectivity index (χ1v) is 8.80. The summed E-state index contributed by atoms with van der Waals surface area (Å²) in [5.74, 6) is 0. The molecule has 2 nitrogen and oxygen atoms in total. The van der Waals surface area contributed by atoms with Crippen molar-refractivity contribution in [2.45, 2.75) is 50.8 Å². The second-order valence-electron chi connectivity index (χ2n) is 7.55. The second kappa shape index (κ2) is 7.53. The van der Waals surface area contributed by atoms with Crippen molar-refractivity contribution in [2.24, 2.45) is 0 Å². The number of alkyl halides is 3. The molecule has 1 unspecified atom stereocenters. The molecule has 0 saturated heterocycles. The van der Waals surface area contributed by atoms with Crippen LogP contribution in [-0.2, 0) is 11.8 Å². The van der Waals surface area contributed by atoms with E-state index in [9.17, 15) is 18.3 Å². The van der Waals surface area contributed by atoms with Crippen molar-refractivity contribution in [2.75, 3.05) is 0 Å². The molecule has 27 heavy (non-hydrogen) atoms. The number of aliphatic hydroxyl groups is 1. The van der Waals surface area contributed by atoms with E-state index in [2.05, 4.69) is 0 Å². The molecule has 1 N–H and O–H groups in total. The van der Waals surface area contributed by atoms with Gasteiger partial charge in [-0.3, -0.25) is 0 Å². The Kier molecular flexibility index (Phi) is 5.94. The minimum Gasteiger partial charge on any atom is -0.380 e. The Morgan fingerprint density at radius 3 is 2.30 bits per heavy atom. The van der Waals surface area contributed by atoms with Crippen molar-refractivity contribution in [3.05, 3.63) is 69.7 Å². The van der Waals surface area contributed by atoms with Crippen LogP contribution in [0.25, 0.3) is 0 Å². The first-order valence-electron chi connectivity index (χ1n) is 8.43. The predicted octanol–water partition coefficient (Wildman–Crippen LogP) is 5.72. The quantitative estimate of drug-likeness (QED) is 0.703. The Hall–Kier alpha value is -2.03. The highest BCUT2D eigenvalue weighted by Gasteiger charge is 2.55. The fourth-order valence-corrected chi connectivity index (χ4v) is 3.48. The van der Waals surface area contributed by atoms with Crippen LogP contribution >= 0.6 is 11.6 Å². The van der Waals surface area contributed by atoms with Gasteiger partial charge in [-0.15, -0.1) is 0 Å². The standard InChI is InChI=1S/C21H21ClF3NO/c1-14-5-4-6-17(9-14)19(2,3)13-20(27,21(23,24)25)11-16-8-7-15(12-26)10-18(16)22/h4-10,27H,11,13H2,1-3H3. The molecule has 0 radical (unpaired) electrons. The average Bonchev–Trinajstić information content (AvgIpc) is 2.55. The number of hydrogen-bond acceptors (Lipinski definition) is 2. The SMILES string of the molecule is Cc1cccc(C(C)(C)CC(O)(Cc2ccc(C#N)cc2Cl)C(F)(F)F)c1. The summed E-state index contributed by atoms with van der Waals surface area (Å²) in [6, 6.07) is 13.2. The van der Waals surface area contributed by atoms with Gasteiger partial charge in [-0.25, -0.2) is 0 Å². The van der Waals surface area contributed by atoms with E-state index in [0.717, 1.165) is 11.1 Å². The van der Waals surface area contributed by atoms with Crippen molar-refractivity contribution in [1.82, 2.24) is 0 Å². The molecule has 0 amide bonds. The van der Waals surface area contributed by atoms with Crippen LogP contribution in [0.2, 0.25) is 5.02 Å². The maximum absolute atomic E-state index is 13.8. The lowest BCUT2D eigenvalue weighted by molar-refractivity contribution is -0.266. The fourth-order valence-electron chi connectivity index (χ4n) is 3.24. The van der Waals surface area contributed by atoms with Gasteiger partial charge >= 0.3 is 6.18 Å². The molecule has 144 valence electrons. The van der Waals surface area contributed by atoms with E-state index in [0.29, 0.717) is 0 Å². The summed E-state index contributed by atoms with van der Waals surface area (Å²) in [5, 5.41) is 19.6. The Bertz CT molecular complexity index is 870. The monoisotopic (exact) mass is 395 g/mol. The molecule has 0 aliphatic carbocycles. The summed E-state index contributed by atoms with van der Waals surface area (Å²) in [6.45, 7) is 5.23. The van der Waals surface area contributed by atoms with Crippen LogP contribution < -0.4 is 0 Å². The fraction of sp³-hybridized carbons (Fsp3) is 0.381. The molecule has 0 spiro atoms. The third kappa shape index (κ3) is 4.82. The number of nitriles is 1. The van der Waals surface area contributed by atoms with Crippen LogP contribution in [0.4, 0.5) is 13.2 Å². The summed E-state index contributed by atoms with van der Waals surface area (Å²) in [6.07, 6.45) is -6.05. The molecular weight excluding hydrogens is 375 g/mol. The maximum atomic E-state index is 13.8. The Morgan fingerprint density at radius 2 is 1.78 bits per heavy atom. The minimum absolute atomic E-state index is 0.0325. The van der Waals surface area contributed by atoms with Gasteiger partial charge in [-0.2, -0.15) is 18.4 Å². The number of aryl methyl sites for hydroxylation is 1. The lowest BCUT2D eigenvalue weighted by Crippen LogP contribution is -2.50. The van der Waals surface area contributed by atoms with E-state index in [1.165, 1.54) is 18.2 Å². The Labute approximate surface area is 162 Å². The lowest BCUT2D eigenvalue weighted by Gasteiger charge is -2.38. The number of rotatable bonds is 5. The number of nitrogens with zero attached hydrogens (tertiary/aromatic N) is 1. The van der Waals surface area contributed by atoms with Crippen molar-refractivity contribution < 1.29 is 18.3 Å². The van der Waals surface area contributed by atoms with Gasteiger partial charge < -0.3 is 5.11 Å². The van der Waals surface area contributed by atoms with Crippen LogP contribution in [0.5, 0.6) is 0 Å². The molecule has 0 fully saturated rings. The molecule has 2 aromatic rings. The van der Waals surface area contributed by atoms with Gasteiger partial charge in [0, 0.05) is 11.4 Å². The van der Waals surface area contributed by atoms with Gasteiger partial charge in [0.05, 0.1) is 11.6 Å². The van der Waals surface area contributed by atoms with Gasteiger partial charge in [0.2, 0.25) is 0 Å². The highest BCUT2D eigenvalue weighted by Crippen LogP contribution is 2.43. The van der Waals surface area contributed by atoms with Crippen LogP contribution in [0.3, 0.4) is 0 Å². The van der Waals surface area contributed by atoms with Gasteiger partial charge in [-0.05, 0) is 42.0 Å². The van der Waals surface area contributed by atoms with Gasteiger partial charge in [-0.1, -0.05) is 61.3 Å². The van der Waals surface area contributed by atoms with Gasteiger partial charge in [0.15, 0.2) is 5.60 Å². The zero-order valence-corrected chi connectivity index (χ0v) is 16.1. The highest BCUT2D eigenvalue weighted by atomic mass is 35.5. The van der Waals surface area contributed by atoms with E-state index >= 15 is 0 Å². The van der Waals surface area contributed by atoms with Gasteiger partial charge in [0.1, 0.15) is 0 Å². The second-order valence-corrected chi connectivity index (χ2v) is 7.96. The number of halogens is 4. The minimum atomic E-state index is -4.84. The molecule has 6 heteroatoms. The van der Waals surface area contributed by atoms with E-state index in [1.54, 1.807) is 26.0 Å². The topological polar surface area (TPSA) is 44.0 Å². The number of hydrogen-bond donors (Lipinski definition) is 1. The van der Waals surface area contributed by atoms with Crippen molar-refractivity contribution >= 4 is 11.6 Å². The van der Waals surface area contributed by atoms with E-state index in [4.69, 9.17) is 16.9 Å². The molecule has 0 heterocycles. The largest absolute Gasteiger partial charge is 0.417 e. The summed E-state index contributed by atoms with van der Waals surface area (Å²) >= 11 is 6.04. The van der Waals surface area contributed by atoms with Crippen molar-refractivity contribution in [3.63, 3.8) is 0 Å². The normalized spacial score (nSPS) is 14.5. The molecule has 0 aliphatic rings. The third-order valence-electron chi connectivity index (χ3n) is 4.73. The molecule has 2 aromatic carbocycles. The Balaban J connectivity index is 2.41. The molecule has 1 atom stereocenters. The lowest BCUT2D eigenvalue weighted by atomic mass is 9.73. The molecule has 0 aromatic heterocycles. The predicted molar refractivity (Wildman–Crippen MR) is 99.7 cm³/mol. The van der Waals surface area contributed by atoms with Crippen molar-refractivity contribution in [1.29, 1.82) is 5.26 Å². The molecule has 0 aliphatic heterocycles. The summed E-state index contributed by atoms with van der Waals surface area (Å²) in [7, 11) is 0. The molecule has 0 bridgehead atoms. The van der Waals surface area contributed by atoms with E-state index in [-0.39, 0.29) is 16.1 Å². The van der Waals surface area contributed by atoms with Crippen LogP contribution in [0.1, 0.15) is 42.5 Å². The summed E-state index contributed by atoms with van der Waals surface area (Å²) in [5.41, 5.74) is -1.83. The molecular formula is C21H21ClF3NO. The average molecular weight is 396 g/mol. The first kappa shape index (κ1) is 21.3. The molecule has 2 rings (SSSR count). The van der Waals surface area contributed by atoms with E-state index in [1.807, 2.05) is 25.1 Å². The zero-order valence-electron chi connectivity index (χ0n) is 15.4. The molecule has 0 saturated carbocycles. The zero-order chi connectivity index (χ0) is 20.5. The smallest absolute Gasteiger partial charge is 0.380 e. The first-order chi connectivity index (χ1) is 12.4. The third-order valence-corrected chi connectivity index (χ3v) is 5.08. The van der Waals surface area contributed by atoms with Gasteiger partial charge in [0.25, 0.3) is 0 Å². The highest BCUT2D eigenvalue weighted by molar-refractivity contribution is 6.31. The maximum Gasteiger partial charge on any atom is 0.417 e. The van der Waals surface area contributed by atoms with Crippen LogP contribution in [0.15, 0.2) is 42.5 Å². The number of benzene rings is 2. The van der Waals surface area contributed by atoms with Crippen LogP contribution in [-0.4, -0.2) is 16.9 Å². The van der Waals surface area contributed by atoms with E-state index < -0.39 is 30.0 Å². The van der Waals surface area contributed by atoms with Crippen LogP contribution in [0, 0.1) is 18.3 Å². The Morgan fingerprint density at radius 1 is 1.11 bits per heavy atom.